The maximum Gasteiger partial charge on any atom is 0.573 e. The van der Waals surface area contributed by atoms with Gasteiger partial charge in [-0.25, -0.2) is 4.98 Å². The van der Waals surface area contributed by atoms with Crippen LogP contribution in [-0.4, -0.2) is 26.2 Å². The minimum Gasteiger partial charge on any atom is -0.406 e. The van der Waals surface area contributed by atoms with Crippen LogP contribution in [0.4, 0.5) is 24.5 Å². The molecule has 3 aromatic rings. The third kappa shape index (κ3) is 3.89. The van der Waals surface area contributed by atoms with Crippen LogP contribution in [0.1, 0.15) is 0 Å². The normalized spacial score (nSPS) is 11.4. The summed E-state index contributed by atoms with van der Waals surface area (Å²) in [5.41, 5.74) is -0.784. The quantitative estimate of drug-likeness (QED) is 0.495. The van der Waals surface area contributed by atoms with E-state index in [1.165, 1.54) is 18.3 Å². The third-order valence-electron chi connectivity index (χ3n) is 3.42. The summed E-state index contributed by atoms with van der Waals surface area (Å²) in [6.45, 7) is 0. The topological polar surface area (TPSA) is 121 Å². The fourth-order valence-electron chi connectivity index (χ4n) is 2.30. The fraction of sp³-hybridized carbons (Fsp3) is 0.0667. The van der Waals surface area contributed by atoms with Crippen molar-refractivity contribution in [3.05, 3.63) is 62.8 Å². The van der Waals surface area contributed by atoms with Gasteiger partial charge in [-0.2, -0.15) is 0 Å². The van der Waals surface area contributed by atoms with Gasteiger partial charge in [0, 0.05) is 5.56 Å². The van der Waals surface area contributed by atoms with Gasteiger partial charge >= 0.3 is 17.7 Å². The third-order valence-corrected chi connectivity index (χ3v) is 3.42. The number of aromatic nitrogens is 2. The first-order chi connectivity index (χ1) is 12.6. The Hall–Kier alpha value is -3.83. The molecule has 0 saturated carbocycles. The first-order valence-corrected chi connectivity index (χ1v) is 7.10. The minimum absolute atomic E-state index is 0.0282. The lowest BCUT2D eigenvalue weighted by Gasteiger charge is -2.09. The molecule has 0 N–H and O–H groups in total. The molecule has 27 heavy (non-hydrogen) atoms. The molecule has 0 radical (unpaired) electrons. The van der Waals surface area contributed by atoms with E-state index in [9.17, 15) is 33.4 Å². The zero-order chi connectivity index (χ0) is 19.8. The second kappa shape index (κ2) is 6.48. The molecule has 9 nitrogen and oxygen atoms in total. The highest BCUT2D eigenvalue weighted by molar-refractivity contribution is 5.83. The molecule has 3 rings (SSSR count). The van der Waals surface area contributed by atoms with E-state index >= 15 is 0 Å². The molecule has 1 aromatic heterocycles. The average Bonchev–Trinajstić information content (AvgIpc) is 2.59. The molecule has 0 aliphatic heterocycles. The summed E-state index contributed by atoms with van der Waals surface area (Å²) in [4.78, 5) is 28.3. The Morgan fingerprint density at radius 3 is 2.00 bits per heavy atom. The molecule has 0 aliphatic carbocycles. The average molecular weight is 380 g/mol. The number of hydrogen-bond acceptors (Lipinski definition) is 7. The van der Waals surface area contributed by atoms with Crippen LogP contribution in [-0.2, 0) is 0 Å². The van der Waals surface area contributed by atoms with Crippen molar-refractivity contribution < 1.29 is 27.8 Å². The molecule has 138 valence electrons. The van der Waals surface area contributed by atoms with E-state index in [2.05, 4.69) is 14.7 Å². The lowest BCUT2D eigenvalue weighted by atomic mass is 10.1. The van der Waals surface area contributed by atoms with Gasteiger partial charge in [0.2, 0.25) is 0 Å². The van der Waals surface area contributed by atoms with E-state index < -0.39 is 33.3 Å². The van der Waals surface area contributed by atoms with E-state index in [4.69, 9.17) is 0 Å². The van der Waals surface area contributed by atoms with Crippen molar-refractivity contribution >= 4 is 22.4 Å². The van der Waals surface area contributed by atoms with E-state index in [0.717, 1.165) is 24.3 Å². The molecule has 12 heteroatoms. The Labute approximate surface area is 147 Å². The monoisotopic (exact) mass is 380 g/mol. The lowest BCUT2D eigenvalue weighted by molar-refractivity contribution is -0.422. The fourth-order valence-corrected chi connectivity index (χ4v) is 2.30. The maximum atomic E-state index is 12.2. The number of alkyl halides is 3. The van der Waals surface area contributed by atoms with E-state index in [1.807, 2.05) is 0 Å². The summed E-state index contributed by atoms with van der Waals surface area (Å²) in [5, 5.41) is 22.0. The van der Waals surface area contributed by atoms with E-state index in [-0.39, 0.29) is 16.7 Å². The van der Waals surface area contributed by atoms with Gasteiger partial charge in [0.05, 0.1) is 44.9 Å². The summed E-state index contributed by atoms with van der Waals surface area (Å²) in [7, 11) is 0. The molecule has 0 aliphatic rings. The molecular formula is C15H7F3N4O5. The van der Waals surface area contributed by atoms with Crippen molar-refractivity contribution in [2.24, 2.45) is 0 Å². The van der Waals surface area contributed by atoms with Crippen molar-refractivity contribution in [1.82, 2.24) is 9.97 Å². The van der Waals surface area contributed by atoms with Gasteiger partial charge in [-0.3, -0.25) is 25.2 Å². The van der Waals surface area contributed by atoms with Gasteiger partial charge in [-0.1, -0.05) is 0 Å². The first kappa shape index (κ1) is 18.0. The van der Waals surface area contributed by atoms with Crippen molar-refractivity contribution in [2.45, 2.75) is 6.36 Å². The lowest BCUT2D eigenvalue weighted by Crippen LogP contribution is -2.16. The van der Waals surface area contributed by atoms with Gasteiger partial charge in [0.1, 0.15) is 5.75 Å². The number of halogens is 3. The molecule has 0 spiro atoms. The number of hydrogen-bond donors (Lipinski definition) is 0. The van der Waals surface area contributed by atoms with E-state index in [1.54, 1.807) is 0 Å². The number of ether oxygens (including phenoxy) is 1. The van der Waals surface area contributed by atoms with Crippen molar-refractivity contribution in [3.63, 3.8) is 0 Å². The predicted molar refractivity (Wildman–Crippen MR) is 85.0 cm³/mol. The summed E-state index contributed by atoms with van der Waals surface area (Å²) >= 11 is 0. The largest absolute Gasteiger partial charge is 0.573 e. The highest BCUT2D eigenvalue weighted by Gasteiger charge is 2.31. The van der Waals surface area contributed by atoms with Gasteiger partial charge in [-0.15, -0.1) is 13.2 Å². The van der Waals surface area contributed by atoms with Crippen molar-refractivity contribution in [2.75, 3.05) is 0 Å². The van der Waals surface area contributed by atoms with Gasteiger partial charge in [0.25, 0.3) is 0 Å². The van der Waals surface area contributed by atoms with Crippen LogP contribution in [0, 0.1) is 20.2 Å². The van der Waals surface area contributed by atoms with Crippen molar-refractivity contribution in [1.29, 1.82) is 0 Å². The van der Waals surface area contributed by atoms with Crippen LogP contribution in [0.5, 0.6) is 5.75 Å². The summed E-state index contributed by atoms with van der Waals surface area (Å²) in [6, 6.07) is 6.61. The van der Waals surface area contributed by atoms with Crippen LogP contribution in [0.25, 0.3) is 22.3 Å². The summed E-state index contributed by atoms with van der Waals surface area (Å²) in [5.74, 6) is -0.425. The van der Waals surface area contributed by atoms with Crippen LogP contribution < -0.4 is 4.74 Å². The number of nitro groups is 2. The summed E-state index contributed by atoms with van der Waals surface area (Å²) < 4.78 is 40.3. The highest BCUT2D eigenvalue weighted by atomic mass is 19.4. The Morgan fingerprint density at radius 1 is 0.926 bits per heavy atom. The first-order valence-electron chi connectivity index (χ1n) is 7.10. The molecule has 2 aromatic carbocycles. The second-order valence-corrected chi connectivity index (χ2v) is 5.17. The van der Waals surface area contributed by atoms with Crippen LogP contribution >= 0.6 is 0 Å². The number of benzene rings is 2. The zero-order valence-corrected chi connectivity index (χ0v) is 13.0. The van der Waals surface area contributed by atoms with Crippen LogP contribution in [0.15, 0.2) is 42.6 Å². The number of nitro benzene ring substituents is 2. The standard InChI is InChI=1S/C15H7F3N4O5/c16-15(17,18)27-9-3-1-8(2-4-9)12-7-19-10-5-13(21(23)24)14(22(25)26)6-11(10)20-12/h1-7H. The van der Waals surface area contributed by atoms with Crippen LogP contribution in [0.2, 0.25) is 0 Å². The van der Waals surface area contributed by atoms with Gasteiger partial charge in [-0.05, 0) is 24.3 Å². The molecule has 0 atom stereocenters. The zero-order valence-electron chi connectivity index (χ0n) is 13.0. The van der Waals surface area contributed by atoms with Gasteiger partial charge in [0.15, 0.2) is 0 Å². The SMILES string of the molecule is O=[N+]([O-])c1cc2ncc(-c3ccc(OC(F)(F)F)cc3)nc2cc1[N+](=O)[O-]. The number of nitrogens with zero attached hydrogens (tertiary/aromatic N) is 4. The molecule has 0 fully saturated rings. The highest BCUT2D eigenvalue weighted by Crippen LogP contribution is 2.32. The number of fused-ring (bicyclic) bond motifs is 1. The summed E-state index contributed by atoms with van der Waals surface area (Å²) in [6.07, 6.45) is -3.57. The molecule has 0 unspecified atom stereocenters. The Morgan fingerprint density at radius 2 is 1.48 bits per heavy atom. The minimum atomic E-state index is -4.82. The Bertz CT molecular complexity index is 1050. The number of rotatable bonds is 4. The smallest absolute Gasteiger partial charge is 0.406 e. The molecule has 0 saturated heterocycles. The molecule has 1 heterocycles. The van der Waals surface area contributed by atoms with Crippen LogP contribution in [0.3, 0.4) is 0 Å². The Kier molecular flexibility index (Phi) is 4.31. The Balaban J connectivity index is 2.02. The van der Waals surface area contributed by atoms with Crippen molar-refractivity contribution in [3.8, 4) is 17.0 Å². The second-order valence-electron chi connectivity index (χ2n) is 5.17. The molecule has 0 bridgehead atoms. The molecular weight excluding hydrogens is 373 g/mol. The van der Waals surface area contributed by atoms with Gasteiger partial charge < -0.3 is 4.74 Å². The maximum absolute atomic E-state index is 12.2. The van der Waals surface area contributed by atoms with E-state index in [0.29, 0.717) is 5.56 Å². The predicted octanol–water partition coefficient (Wildman–Crippen LogP) is 4.01. The molecule has 0 amide bonds.